The predicted octanol–water partition coefficient (Wildman–Crippen LogP) is -0.411. The van der Waals surface area contributed by atoms with Crippen LogP contribution < -0.4 is 0 Å². The molecule has 7 heavy (non-hydrogen) atoms. The Morgan fingerprint density at radius 1 is 1.57 bits per heavy atom. The SMILES string of the molecule is B[SH](C)(=O)C(C)C. The molecule has 0 aromatic carbocycles. The fourth-order valence-electron chi connectivity index (χ4n) is 0. The largest absolute Gasteiger partial charge is 0.295 e. The van der Waals surface area contributed by atoms with E-state index in [1.165, 1.54) is 0 Å². The standard InChI is InChI=1S/C4H13BOS/c1-4(2)7(3,5)6/h4,7H,5H2,1-3H3. The molecule has 0 saturated heterocycles. The molecule has 0 aliphatic rings. The Kier molecular flexibility index (Phi) is 2.05. The van der Waals surface area contributed by atoms with Crippen molar-refractivity contribution in [3.63, 3.8) is 0 Å². The minimum absolute atomic E-state index is 0.354. The first-order valence-electron chi connectivity index (χ1n) is 2.49. The first-order valence-corrected chi connectivity index (χ1v) is 5.16. The van der Waals surface area contributed by atoms with Gasteiger partial charge in [0.1, 0.15) is 0 Å². The van der Waals surface area contributed by atoms with Crippen molar-refractivity contribution in [1.82, 2.24) is 0 Å². The van der Waals surface area contributed by atoms with Crippen molar-refractivity contribution in [3.8, 4) is 0 Å². The summed E-state index contributed by atoms with van der Waals surface area (Å²) in [5.41, 5.74) is 0. The number of rotatable bonds is 1. The lowest BCUT2D eigenvalue weighted by atomic mass is 10.6. The van der Waals surface area contributed by atoms with Crippen LogP contribution in [0.25, 0.3) is 0 Å². The fourth-order valence-corrected chi connectivity index (χ4v) is 0. The Hall–Kier alpha value is 0.215. The van der Waals surface area contributed by atoms with Crippen LogP contribution in [0.4, 0.5) is 0 Å². The van der Waals surface area contributed by atoms with Crippen LogP contribution in [0.5, 0.6) is 0 Å². The van der Waals surface area contributed by atoms with Gasteiger partial charge in [-0.1, -0.05) is 13.8 Å². The minimum Gasteiger partial charge on any atom is -0.295 e. The maximum Gasteiger partial charge on any atom is 0.188 e. The fraction of sp³-hybridized carbons (Fsp3) is 1.00. The van der Waals surface area contributed by atoms with Gasteiger partial charge in [0.15, 0.2) is 7.12 Å². The van der Waals surface area contributed by atoms with Gasteiger partial charge in [0, 0.05) is 0 Å². The zero-order chi connectivity index (χ0) is 6.08. The van der Waals surface area contributed by atoms with Crippen LogP contribution in [-0.2, 0) is 9.78 Å². The molecule has 0 heterocycles. The van der Waals surface area contributed by atoms with Crippen molar-refractivity contribution in [2.24, 2.45) is 0 Å². The predicted molar refractivity (Wildman–Crippen MR) is 39.1 cm³/mol. The lowest BCUT2D eigenvalue weighted by molar-refractivity contribution is 0.677. The molecule has 0 aliphatic carbocycles. The van der Waals surface area contributed by atoms with E-state index in [1.54, 1.807) is 0 Å². The summed E-state index contributed by atoms with van der Waals surface area (Å²) < 4.78 is 10.9. The van der Waals surface area contributed by atoms with E-state index in [9.17, 15) is 4.21 Å². The molecule has 0 unspecified atom stereocenters. The molecule has 0 rings (SSSR count). The van der Waals surface area contributed by atoms with E-state index in [0.717, 1.165) is 0 Å². The van der Waals surface area contributed by atoms with Gasteiger partial charge >= 0.3 is 0 Å². The summed E-state index contributed by atoms with van der Waals surface area (Å²) in [4.78, 5) is 0. The summed E-state index contributed by atoms with van der Waals surface area (Å²) in [6.07, 6.45) is 1.82. The molecule has 0 amide bonds. The molecule has 0 aliphatic heterocycles. The summed E-state index contributed by atoms with van der Waals surface area (Å²) in [5, 5.41) is 0.354. The maximum absolute atomic E-state index is 10.9. The highest BCUT2D eigenvalue weighted by molar-refractivity contribution is 8.22. The second-order valence-corrected chi connectivity index (χ2v) is 6.43. The summed E-state index contributed by atoms with van der Waals surface area (Å²) in [6, 6.07) is 0. The smallest absolute Gasteiger partial charge is 0.188 e. The summed E-state index contributed by atoms with van der Waals surface area (Å²) in [5.74, 6) is 0. The molecule has 0 N–H and O–H groups in total. The van der Waals surface area contributed by atoms with E-state index in [2.05, 4.69) is 0 Å². The Balaban J connectivity index is 3.80. The highest BCUT2D eigenvalue weighted by Gasteiger charge is 2.04. The van der Waals surface area contributed by atoms with Crippen molar-refractivity contribution in [2.45, 2.75) is 19.1 Å². The van der Waals surface area contributed by atoms with Gasteiger partial charge < -0.3 is 0 Å². The number of hydrogen-bond donors (Lipinski definition) is 1. The quantitative estimate of drug-likeness (QED) is 0.367. The van der Waals surface area contributed by atoms with Crippen LogP contribution >= 0.6 is 0 Å². The second-order valence-electron chi connectivity index (χ2n) is 2.53. The molecule has 0 radical (unpaired) electrons. The van der Waals surface area contributed by atoms with Gasteiger partial charge in [0.2, 0.25) is 0 Å². The van der Waals surface area contributed by atoms with Crippen molar-refractivity contribution in [3.05, 3.63) is 0 Å². The Morgan fingerprint density at radius 2 is 1.71 bits per heavy atom. The van der Waals surface area contributed by atoms with Gasteiger partial charge in [-0.15, -0.1) is 9.78 Å². The van der Waals surface area contributed by atoms with E-state index in [1.807, 2.05) is 27.2 Å². The number of hydrogen-bond acceptors (Lipinski definition) is 1. The molecule has 0 bridgehead atoms. The summed E-state index contributed by atoms with van der Waals surface area (Å²) >= 11 is 0. The van der Waals surface area contributed by atoms with Gasteiger partial charge in [-0.3, -0.25) is 4.21 Å². The molecule has 0 aromatic rings. The average molecular weight is 120 g/mol. The molecular formula is C4H13BOS. The monoisotopic (exact) mass is 120 g/mol. The van der Waals surface area contributed by atoms with Gasteiger partial charge in [-0.05, 0) is 11.5 Å². The third kappa shape index (κ3) is 2.86. The van der Waals surface area contributed by atoms with Crippen molar-refractivity contribution in [1.29, 1.82) is 0 Å². The van der Waals surface area contributed by atoms with E-state index < -0.39 is 9.78 Å². The normalized spacial score (nSPS) is 14.9. The van der Waals surface area contributed by atoms with Crippen LogP contribution in [0.3, 0.4) is 0 Å². The first kappa shape index (κ1) is 7.21. The molecule has 0 atom stereocenters. The number of thiol groups is 1. The highest BCUT2D eigenvalue weighted by atomic mass is 32.2. The third-order valence-corrected chi connectivity index (χ3v) is 3.73. The minimum atomic E-state index is -1.74. The van der Waals surface area contributed by atoms with Crippen LogP contribution in [0.15, 0.2) is 0 Å². The van der Waals surface area contributed by atoms with Crippen molar-refractivity contribution >= 4 is 16.9 Å². The van der Waals surface area contributed by atoms with Crippen LogP contribution in [-0.4, -0.2) is 22.8 Å². The topological polar surface area (TPSA) is 17.1 Å². The van der Waals surface area contributed by atoms with Gasteiger partial charge in [-0.25, -0.2) is 0 Å². The van der Waals surface area contributed by atoms with Crippen molar-refractivity contribution < 1.29 is 4.21 Å². The van der Waals surface area contributed by atoms with Gasteiger partial charge in [0.25, 0.3) is 0 Å². The molecule has 44 valence electrons. The second kappa shape index (κ2) is 1.99. The lowest BCUT2D eigenvalue weighted by Crippen LogP contribution is -2.20. The first-order chi connectivity index (χ1) is 2.94. The maximum atomic E-state index is 10.9. The van der Waals surface area contributed by atoms with E-state index >= 15 is 0 Å². The van der Waals surface area contributed by atoms with E-state index in [-0.39, 0.29) is 0 Å². The van der Waals surface area contributed by atoms with E-state index in [0.29, 0.717) is 5.25 Å². The highest BCUT2D eigenvalue weighted by Crippen LogP contribution is 1.99. The molecule has 0 aromatic heterocycles. The molecule has 0 spiro atoms. The van der Waals surface area contributed by atoms with Crippen LogP contribution in [0, 0.1) is 0 Å². The van der Waals surface area contributed by atoms with Crippen molar-refractivity contribution in [2.75, 3.05) is 6.26 Å². The zero-order valence-electron chi connectivity index (χ0n) is 5.43. The third-order valence-electron chi connectivity index (χ3n) is 1.24. The average Bonchev–Trinajstić information content (AvgIpc) is 1.31. The van der Waals surface area contributed by atoms with Crippen LogP contribution in [0.2, 0.25) is 0 Å². The zero-order valence-corrected chi connectivity index (χ0v) is 6.33. The Labute approximate surface area is 47.2 Å². The summed E-state index contributed by atoms with van der Waals surface area (Å²) in [7, 11) is 0.0795. The van der Waals surface area contributed by atoms with E-state index in [4.69, 9.17) is 0 Å². The van der Waals surface area contributed by atoms with Gasteiger partial charge in [-0.2, -0.15) is 0 Å². The van der Waals surface area contributed by atoms with Gasteiger partial charge in [0.05, 0.1) is 0 Å². The Bertz CT molecular complexity index is 93.9. The molecule has 3 heteroatoms. The molecule has 1 nitrogen and oxygen atoms in total. The molecular weight excluding hydrogens is 107 g/mol. The lowest BCUT2D eigenvalue weighted by Gasteiger charge is -2.15. The van der Waals surface area contributed by atoms with Crippen LogP contribution in [0.1, 0.15) is 13.8 Å². The summed E-state index contributed by atoms with van der Waals surface area (Å²) in [6.45, 7) is 3.97. The molecule has 0 fully saturated rings. The molecule has 0 saturated carbocycles. The Morgan fingerprint density at radius 3 is 1.71 bits per heavy atom.